The van der Waals surface area contributed by atoms with Crippen molar-refractivity contribution in [1.29, 1.82) is 0 Å². The molecule has 252 valence electrons. The van der Waals surface area contributed by atoms with Gasteiger partial charge in [0.05, 0.1) is 37.4 Å². The Bertz CT molecular complexity index is 2000. The Morgan fingerprint density at radius 3 is 2.19 bits per heavy atom. The largest absolute Gasteiger partial charge is 0.387 e. The van der Waals surface area contributed by atoms with Gasteiger partial charge in [-0.15, -0.1) is 0 Å². The number of nitrogens with zero attached hydrogens (tertiary/aromatic N) is 8. The normalized spacial score (nSPS) is 36.9. The van der Waals surface area contributed by atoms with E-state index < -0.39 is 62.2 Å². The highest BCUT2D eigenvalue weighted by Crippen LogP contribution is 2.70. The van der Waals surface area contributed by atoms with Crippen molar-refractivity contribution in [3.63, 3.8) is 0 Å². The fraction of sp³-hybridized carbons (Fsp3) is 0.565. The molecule has 4 fully saturated rings. The lowest BCUT2D eigenvalue weighted by molar-refractivity contribution is -0.334. The van der Waals surface area contributed by atoms with Crippen molar-refractivity contribution < 1.29 is 46.9 Å². The Morgan fingerprint density at radius 2 is 1.60 bits per heavy atom. The average molecular weight is 731 g/mol. The molecule has 24 heteroatoms. The predicted octanol–water partition coefficient (Wildman–Crippen LogP) is 1.02. The maximum absolute atomic E-state index is 13.8. The van der Waals surface area contributed by atoms with Gasteiger partial charge in [-0.05, 0) is 6.92 Å². The molecule has 3 saturated heterocycles. The highest BCUT2D eigenvalue weighted by Gasteiger charge is 2.80. The van der Waals surface area contributed by atoms with Crippen LogP contribution in [-0.2, 0) is 36.9 Å². The molecule has 0 aromatic carbocycles. The summed E-state index contributed by atoms with van der Waals surface area (Å²) in [6, 6.07) is 0. The second-order valence-electron chi connectivity index (χ2n) is 11.9. The monoisotopic (exact) mass is 730 g/mol. The Labute approximate surface area is 274 Å². The summed E-state index contributed by atoms with van der Waals surface area (Å²) in [5, 5.41) is 11.2. The fourth-order valence-corrected chi connectivity index (χ4v) is 9.21. The molecular weight excluding hydrogens is 702 g/mol. The summed E-state index contributed by atoms with van der Waals surface area (Å²) < 4.78 is 63.9. The van der Waals surface area contributed by atoms with E-state index >= 15 is 0 Å². The molecule has 4 aromatic heterocycles. The average Bonchev–Trinajstić information content (AvgIpc) is 3.71. The van der Waals surface area contributed by atoms with E-state index in [1.807, 2.05) is 6.92 Å². The molecule has 20 nitrogen and oxygen atoms in total. The number of nitrogens with two attached hydrogens (primary N) is 2. The van der Waals surface area contributed by atoms with Crippen LogP contribution >= 0.6 is 38.1 Å². The summed E-state index contributed by atoms with van der Waals surface area (Å²) in [6.07, 6.45) is -0.594. The van der Waals surface area contributed by atoms with Crippen LogP contribution in [0.15, 0.2) is 25.3 Å². The summed E-state index contributed by atoms with van der Waals surface area (Å²) in [7, 11) is 0. The third-order valence-electron chi connectivity index (χ3n) is 9.01. The van der Waals surface area contributed by atoms with Gasteiger partial charge in [0.25, 0.3) is 0 Å². The molecule has 0 amide bonds. The zero-order chi connectivity index (χ0) is 33.1. The van der Waals surface area contributed by atoms with Crippen molar-refractivity contribution in [2.45, 2.75) is 61.4 Å². The van der Waals surface area contributed by atoms with Crippen LogP contribution in [-0.4, -0.2) is 97.9 Å². The highest BCUT2D eigenvalue weighted by atomic mass is 32.7. The summed E-state index contributed by atoms with van der Waals surface area (Å²) in [5.74, 6) is 0.183. The van der Waals surface area contributed by atoms with Gasteiger partial charge < -0.3 is 35.7 Å². The molecule has 11 atom stereocenters. The van der Waals surface area contributed by atoms with Crippen LogP contribution in [0, 0.1) is 5.92 Å². The number of aliphatic hydroxyl groups is 1. The van der Waals surface area contributed by atoms with Crippen LogP contribution in [0.2, 0.25) is 0 Å². The molecule has 7 heterocycles. The second-order valence-corrected chi connectivity index (χ2v) is 17.6. The first kappa shape index (κ1) is 31.8. The molecule has 0 radical (unpaired) electrons. The standard InChI is InChI=1S/C23H28N10O10P2S2/c1-22-3-23(15(22)14(41-22)21(42-23)33-8-31-11-17(25)27-6-29-19(11)33)4-39-45(37,47)43-13-12(34)9(2-38-44(35,36)46)40-20(13)32-7-30-10-16(24)26-5-28-18(10)32/h5-9,12-15,20-21,34H,2-4H2,1H3,(H,37,47)(H2,24,26,28)(H2,25,27,29)(H2,35,36,46)/t9-,12-,13-,14-,15-,20-,21-,22+,23-,45+/m1/s1. The van der Waals surface area contributed by atoms with Gasteiger partial charge in [-0.2, -0.15) is 0 Å². The minimum absolute atomic E-state index is 0.0867. The Kier molecular flexibility index (Phi) is 7.28. The molecule has 4 aliphatic rings. The first-order chi connectivity index (χ1) is 22.2. The van der Waals surface area contributed by atoms with Crippen molar-refractivity contribution in [2.24, 2.45) is 5.92 Å². The van der Waals surface area contributed by atoms with E-state index in [0.29, 0.717) is 17.6 Å². The van der Waals surface area contributed by atoms with Crippen LogP contribution in [0.5, 0.6) is 0 Å². The number of hydrogen-bond acceptors (Lipinski definition) is 17. The maximum Gasteiger partial charge on any atom is 0.386 e. The SMILES string of the molecule is C[C@@]12C[C@]3(CO[P@](=O)(S)O[C@@H]4[C@H](O)[C@@H](CO[P@@](=O)(O)S)O[C@H]4n4cnc5c(N)ncnc54)O[C@@H](n4cnc5c(N)ncnc54)[C@H](O1)[C@@H]32. The van der Waals surface area contributed by atoms with Crippen molar-refractivity contribution in [1.82, 2.24) is 39.0 Å². The van der Waals surface area contributed by atoms with Crippen molar-refractivity contribution in [3.8, 4) is 0 Å². The molecule has 1 aliphatic carbocycles. The van der Waals surface area contributed by atoms with E-state index in [1.54, 1.807) is 10.9 Å². The predicted molar refractivity (Wildman–Crippen MR) is 166 cm³/mol. The van der Waals surface area contributed by atoms with Gasteiger partial charge in [-0.1, -0.05) is 24.5 Å². The van der Waals surface area contributed by atoms with E-state index in [2.05, 4.69) is 54.4 Å². The van der Waals surface area contributed by atoms with Gasteiger partial charge in [0.2, 0.25) is 0 Å². The number of nitrogen functional groups attached to an aromatic ring is 2. The summed E-state index contributed by atoms with van der Waals surface area (Å²) in [6.45, 7) is -7.31. The van der Waals surface area contributed by atoms with Gasteiger partial charge in [-0.3, -0.25) is 22.7 Å². The van der Waals surface area contributed by atoms with Gasteiger partial charge in [0.15, 0.2) is 35.4 Å². The third kappa shape index (κ3) is 5.09. The van der Waals surface area contributed by atoms with Crippen LogP contribution < -0.4 is 11.5 Å². The Hall–Kier alpha value is -2.46. The first-order valence-corrected chi connectivity index (χ1v) is 19.5. The minimum Gasteiger partial charge on any atom is -0.387 e. The molecule has 0 spiro atoms. The Morgan fingerprint density at radius 1 is 0.979 bits per heavy atom. The zero-order valence-electron chi connectivity index (χ0n) is 24.2. The lowest BCUT2D eigenvalue weighted by atomic mass is 9.54. The number of aliphatic hydroxyl groups excluding tert-OH is 1. The van der Waals surface area contributed by atoms with Crippen molar-refractivity contribution in [2.75, 3.05) is 24.7 Å². The van der Waals surface area contributed by atoms with Crippen molar-refractivity contribution in [3.05, 3.63) is 25.3 Å². The summed E-state index contributed by atoms with van der Waals surface area (Å²) >= 11 is 7.74. The third-order valence-corrected chi connectivity index (χ3v) is 11.4. The molecule has 1 saturated carbocycles. The second kappa shape index (κ2) is 10.8. The Balaban J connectivity index is 1.03. The number of ether oxygens (including phenoxy) is 3. The number of anilines is 2. The summed E-state index contributed by atoms with van der Waals surface area (Å²) in [4.78, 5) is 34.5. The van der Waals surface area contributed by atoms with E-state index in [0.717, 1.165) is 0 Å². The summed E-state index contributed by atoms with van der Waals surface area (Å²) in [5.41, 5.74) is 11.8. The first-order valence-electron chi connectivity index (χ1n) is 14.1. The molecule has 8 rings (SSSR count). The molecule has 6 N–H and O–H groups in total. The highest BCUT2D eigenvalue weighted by molar-refractivity contribution is 8.44. The number of rotatable bonds is 10. The quantitative estimate of drug-likeness (QED) is 0.0982. The number of aromatic nitrogens is 8. The molecular formula is C23H28N10O10P2S2. The maximum atomic E-state index is 13.8. The molecule has 3 aliphatic heterocycles. The molecule has 4 aromatic rings. The van der Waals surface area contributed by atoms with E-state index in [9.17, 15) is 19.1 Å². The molecule has 0 unspecified atom stereocenters. The van der Waals surface area contributed by atoms with E-state index in [4.69, 9.17) is 39.2 Å². The molecule has 0 bridgehead atoms. The van der Waals surface area contributed by atoms with Crippen LogP contribution in [0.4, 0.5) is 11.6 Å². The number of hydrogen-bond donors (Lipinski definition) is 6. The fourth-order valence-electron chi connectivity index (χ4n) is 7.19. The minimum atomic E-state index is -4.28. The smallest absolute Gasteiger partial charge is 0.386 e. The van der Waals surface area contributed by atoms with Crippen molar-refractivity contribution >= 4 is 72.1 Å². The van der Waals surface area contributed by atoms with Crippen LogP contribution in [0.1, 0.15) is 25.8 Å². The van der Waals surface area contributed by atoms with Crippen LogP contribution in [0.3, 0.4) is 0 Å². The van der Waals surface area contributed by atoms with Gasteiger partial charge in [-0.25, -0.2) is 39.0 Å². The van der Waals surface area contributed by atoms with Gasteiger partial charge in [0, 0.05) is 6.42 Å². The molecule has 47 heavy (non-hydrogen) atoms. The van der Waals surface area contributed by atoms with E-state index in [1.165, 1.54) is 23.5 Å². The lowest BCUT2D eigenvalue weighted by Gasteiger charge is -2.64. The van der Waals surface area contributed by atoms with Gasteiger partial charge in [0.1, 0.15) is 53.7 Å². The number of imidazole rings is 2. The van der Waals surface area contributed by atoms with E-state index in [-0.39, 0.29) is 41.4 Å². The van der Waals surface area contributed by atoms with Crippen LogP contribution in [0.25, 0.3) is 22.3 Å². The number of thiol groups is 2. The topological polar surface area (TPSA) is 269 Å². The van der Waals surface area contributed by atoms with Gasteiger partial charge >= 0.3 is 13.6 Å². The zero-order valence-corrected chi connectivity index (χ0v) is 27.7. The lowest BCUT2D eigenvalue weighted by Crippen LogP contribution is -2.75. The number of fused-ring (bicyclic) bond motifs is 2.